The number of carbonyl (C=O) groups is 1. The van der Waals surface area contributed by atoms with Crippen LogP contribution in [0, 0.1) is 6.92 Å². The maximum atomic E-state index is 13.6. The van der Waals surface area contributed by atoms with Crippen molar-refractivity contribution in [3.8, 4) is 5.75 Å². The number of rotatable bonds is 5. The zero-order valence-electron chi connectivity index (χ0n) is 18.1. The quantitative estimate of drug-likeness (QED) is 0.427. The van der Waals surface area contributed by atoms with E-state index in [-0.39, 0.29) is 5.56 Å². The van der Waals surface area contributed by atoms with E-state index in [9.17, 15) is 23.1 Å². The van der Waals surface area contributed by atoms with E-state index in [1.165, 1.54) is 31.0 Å². The molecule has 0 aliphatic heterocycles. The number of aliphatic hydroxyl groups is 1. The lowest BCUT2D eigenvalue weighted by Gasteiger charge is -2.39. The summed E-state index contributed by atoms with van der Waals surface area (Å²) >= 11 is 5.94. The molecular formula is C24H22ClF3N2O3. The van der Waals surface area contributed by atoms with Gasteiger partial charge in [-0.2, -0.15) is 0 Å². The SMILES string of the molecule is Cc1ccc(N(C(=O)N(C)c2ccc(Cl)cc2)C(C)(O)c2cccc(OC(F)(F)F)c2)cc1. The number of halogens is 4. The second-order valence-electron chi connectivity index (χ2n) is 7.59. The number of carbonyl (C=O) groups excluding carboxylic acids is 1. The topological polar surface area (TPSA) is 53.0 Å². The Kier molecular flexibility index (Phi) is 6.90. The van der Waals surface area contributed by atoms with Gasteiger partial charge in [0.25, 0.3) is 0 Å². The molecule has 3 aromatic carbocycles. The summed E-state index contributed by atoms with van der Waals surface area (Å²) in [4.78, 5) is 16.0. The van der Waals surface area contributed by atoms with Gasteiger partial charge in [0.15, 0.2) is 5.72 Å². The Bertz CT molecular complexity index is 1120. The molecule has 0 fully saturated rings. The number of hydrogen-bond donors (Lipinski definition) is 1. The summed E-state index contributed by atoms with van der Waals surface area (Å²) < 4.78 is 42.1. The van der Waals surface area contributed by atoms with E-state index in [4.69, 9.17) is 11.6 Å². The minimum atomic E-state index is -4.90. The van der Waals surface area contributed by atoms with Crippen LogP contribution in [0.25, 0.3) is 0 Å². The average molecular weight is 479 g/mol. The lowest BCUT2D eigenvalue weighted by atomic mass is 10.0. The Labute approximate surface area is 194 Å². The predicted octanol–water partition coefficient (Wildman–Crippen LogP) is 6.48. The van der Waals surface area contributed by atoms with Crippen molar-refractivity contribution in [2.24, 2.45) is 0 Å². The summed E-state index contributed by atoms with van der Waals surface area (Å²) in [6, 6.07) is 17.6. The molecule has 0 radical (unpaired) electrons. The van der Waals surface area contributed by atoms with Crippen molar-refractivity contribution in [2.75, 3.05) is 16.8 Å². The molecule has 174 valence electrons. The van der Waals surface area contributed by atoms with Crippen LogP contribution < -0.4 is 14.5 Å². The summed E-state index contributed by atoms with van der Waals surface area (Å²) in [6.45, 7) is 3.19. The third-order valence-corrected chi connectivity index (χ3v) is 5.29. The molecular weight excluding hydrogens is 457 g/mol. The number of urea groups is 1. The van der Waals surface area contributed by atoms with Gasteiger partial charge in [-0.25, -0.2) is 4.79 Å². The maximum absolute atomic E-state index is 13.6. The van der Waals surface area contributed by atoms with Crippen LogP contribution in [0.15, 0.2) is 72.8 Å². The van der Waals surface area contributed by atoms with Crippen LogP contribution in [0.1, 0.15) is 18.1 Å². The van der Waals surface area contributed by atoms with Crippen LogP contribution in [-0.2, 0) is 5.72 Å². The van der Waals surface area contributed by atoms with Crippen molar-refractivity contribution < 1.29 is 27.8 Å². The molecule has 0 heterocycles. The first-order valence-corrected chi connectivity index (χ1v) is 10.2. The van der Waals surface area contributed by atoms with Gasteiger partial charge in [0.2, 0.25) is 0 Å². The summed E-state index contributed by atoms with van der Waals surface area (Å²) in [5, 5.41) is 12.0. The van der Waals surface area contributed by atoms with E-state index < -0.39 is 23.9 Å². The summed E-state index contributed by atoms with van der Waals surface area (Å²) in [6.07, 6.45) is -4.90. The molecule has 0 bridgehead atoms. The fraction of sp³-hybridized carbons (Fsp3) is 0.208. The molecule has 1 N–H and O–H groups in total. The van der Waals surface area contributed by atoms with Crippen molar-refractivity contribution in [3.05, 3.63) is 88.9 Å². The molecule has 0 aromatic heterocycles. The van der Waals surface area contributed by atoms with Gasteiger partial charge in [0.1, 0.15) is 5.75 Å². The van der Waals surface area contributed by atoms with Crippen LogP contribution in [-0.4, -0.2) is 24.5 Å². The number of aryl methyl sites for hydroxylation is 1. The maximum Gasteiger partial charge on any atom is 0.573 e. The largest absolute Gasteiger partial charge is 0.573 e. The van der Waals surface area contributed by atoms with Crippen LogP contribution >= 0.6 is 11.6 Å². The monoisotopic (exact) mass is 478 g/mol. The third kappa shape index (κ3) is 5.77. The Morgan fingerprint density at radius 2 is 1.55 bits per heavy atom. The molecule has 9 heteroatoms. The van der Waals surface area contributed by atoms with E-state index >= 15 is 0 Å². The van der Waals surface area contributed by atoms with Crippen LogP contribution in [0.3, 0.4) is 0 Å². The van der Waals surface area contributed by atoms with Crippen molar-refractivity contribution in [1.29, 1.82) is 0 Å². The molecule has 0 saturated carbocycles. The highest BCUT2D eigenvalue weighted by molar-refractivity contribution is 6.30. The van der Waals surface area contributed by atoms with Gasteiger partial charge in [-0.3, -0.25) is 9.80 Å². The van der Waals surface area contributed by atoms with Gasteiger partial charge in [0, 0.05) is 29.0 Å². The number of alkyl halides is 3. The second kappa shape index (κ2) is 9.33. The first-order chi connectivity index (χ1) is 15.4. The first-order valence-electron chi connectivity index (χ1n) is 9.87. The minimum Gasteiger partial charge on any atom is -0.406 e. The van der Waals surface area contributed by atoms with E-state index in [1.807, 2.05) is 6.92 Å². The first kappa shape index (κ1) is 24.4. The van der Waals surface area contributed by atoms with Crippen molar-refractivity contribution in [1.82, 2.24) is 0 Å². The number of amides is 2. The van der Waals surface area contributed by atoms with Gasteiger partial charge in [-0.15, -0.1) is 13.2 Å². The number of anilines is 2. The number of nitrogens with zero attached hydrogens (tertiary/aromatic N) is 2. The van der Waals surface area contributed by atoms with Crippen LogP contribution in [0.5, 0.6) is 5.75 Å². The lowest BCUT2D eigenvalue weighted by Crippen LogP contribution is -2.53. The Balaban J connectivity index is 2.07. The normalized spacial score (nSPS) is 13.2. The Hall–Kier alpha value is -3.23. The second-order valence-corrected chi connectivity index (χ2v) is 8.02. The number of hydrogen-bond acceptors (Lipinski definition) is 3. The molecule has 5 nitrogen and oxygen atoms in total. The molecule has 0 spiro atoms. The zero-order chi connectivity index (χ0) is 24.4. The molecule has 0 saturated heterocycles. The molecule has 0 aliphatic carbocycles. The molecule has 3 aromatic rings. The average Bonchev–Trinajstić information content (AvgIpc) is 2.74. The zero-order valence-corrected chi connectivity index (χ0v) is 18.9. The molecule has 1 atom stereocenters. The number of benzene rings is 3. The van der Waals surface area contributed by atoms with E-state index in [0.717, 1.165) is 22.6 Å². The molecule has 3 rings (SSSR count). The van der Waals surface area contributed by atoms with E-state index in [1.54, 1.807) is 48.5 Å². The fourth-order valence-corrected chi connectivity index (χ4v) is 3.41. The predicted molar refractivity (Wildman–Crippen MR) is 122 cm³/mol. The number of ether oxygens (including phenoxy) is 1. The fourth-order valence-electron chi connectivity index (χ4n) is 3.28. The minimum absolute atomic E-state index is 0.0303. The third-order valence-electron chi connectivity index (χ3n) is 5.03. The Morgan fingerprint density at radius 3 is 2.12 bits per heavy atom. The highest BCUT2D eigenvalue weighted by atomic mass is 35.5. The van der Waals surface area contributed by atoms with Gasteiger partial charge >= 0.3 is 12.4 Å². The molecule has 0 aliphatic rings. The standard InChI is InChI=1S/C24H22ClF3N2O3/c1-16-7-11-20(12-8-16)30(22(31)29(3)19-13-9-18(25)10-14-19)23(2,32)17-5-4-6-21(15-17)33-24(26,27)28/h4-15,32H,1-3H3. The summed E-state index contributed by atoms with van der Waals surface area (Å²) in [7, 11) is 1.52. The van der Waals surface area contributed by atoms with E-state index in [0.29, 0.717) is 16.4 Å². The Morgan fingerprint density at radius 1 is 0.970 bits per heavy atom. The van der Waals surface area contributed by atoms with E-state index in [2.05, 4.69) is 4.74 Å². The van der Waals surface area contributed by atoms with Gasteiger partial charge in [-0.1, -0.05) is 41.4 Å². The molecule has 1 unspecified atom stereocenters. The summed E-state index contributed by atoms with van der Waals surface area (Å²) in [5.41, 5.74) is -0.219. The van der Waals surface area contributed by atoms with Crippen LogP contribution in [0.4, 0.5) is 29.3 Å². The highest BCUT2D eigenvalue weighted by Crippen LogP contribution is 2.35. The lowest BCUT2D eigenvalue weighted by molar-refractivity contribution is -0.274. The van der Waals surface area contributed by atoms with Gasteiger partial charge < -0.3 is 9.84 Å². The van der Waals surface area contributed by atoms with Gasteiger partial charge in [0.05, 0.1) is 0 Å². The molecule has 2 amide bonds. The van der Waals surface area contributed by atoms with Crippen molar-refractivity contribution in [3.63, 3.8) is 0 Å². The van der Waals surface area contributed by atoms with Gasteiger partial charge in [-0.05, 0) is 62.4 Å². The smallest absolute Gasteiger partial charge is 0.406 e. The molecule has 33 heavy (non-hydrogen) atoms. The highest BCUT2D eigenvalue weighted by Gasteiger charge is 2.39. The van der Waals surface area contributed by atoms with Crippen LogP contribution in [0.2, 0.25) is 5.02 Å². The van der Waals surface area contributed by atoms with Crippen molar-refractivity contribution in [2.45, 2.75) is 25.9 Å². The summed E-state index contributed by atoms with van der Waals surface area (Å²) in [5.74, 6) is -0.511. The van der Waals surface area contributed by atoms with Crippen molar-refractivity contribution >= 4 is 29.0 Å².